The predicted octanol–water partition coefficient (Wildman–Crippen LogP) is 4.96. The second-order valence-electron chi connectivity index (χ2n) is 5.90. The lowest BCUT2D eigenvalue weighted by atomic mass is 10.1. The minimum Gasteiger partial charge on any atom is -0.372 e. The molecule has 1 fully saturated rings. The summed E-state index contributed by atoms with van der Waals surface area (Å²) >= 11 is 1.68. The van der Waals surface area contributed by atoms with Gasteiger partial charge in [-0.05, 0) is 61.1 Å². The molecular weight excluding hydrogens is 318 g/mol. The summed E-state index contributed by atoms with van der Waals surface area (Å²) in [7, 11) is 0. The van der Waals surface area contributed by atoms with Gasteiger partial charge in [-0.15, -0.1) is 11.3 Å². The number of aromatic nitrogens is 2. The van der Waals surface area contributed by atoms with Crippen LogP contribution in [0.5, 0.6) is 0 Å². The molecule has 4 nitrogen and oxygen atoms in total. The first-order chi connectivity index (χ1) is 11.9. The number of nitrogens with zero attached hydrogens (tertiary/aromatic N) is 3. The van der Waals surface area contributed by atoms with Crippen molar-refractivity contribution in [3.8, 4) is 11.4 Å². The maximum Gasteiger partial charge on any atom is 0.250 e. The quantitative estimate of drug-likeness (QED) is 0.675. The Morgan fingerprint density at radius 3 is 2.58 bits per heavy atom. The van der Waals surface area contributed by atoms with E-state index in [1.54, 1.807) is 11.3 Å². The monoisotopic (exact) mass is 337 g/mol. The van der Waals surface area contributed by atoms with Crippen LogP contribution in [0.25, 0.3) is 23.5 Å². The van der Waals surface area contributed by atoms with Crippen LogP contribution in [0.1, 0.15) is 30.0 Å². The zero-order valence-electron chi connectivity index (χ0n) is 13.4. The van der Waals surface area contributed by atoms with Gasteiger partial charge in [0.05, 0.1) is 0 Å². The molecule has 3 aromatic rings. The van der Waals surface area contributed by atoms with Gasteiger partial charge in [0.1, 0.15) is 0 Å². The summed E-state index contributed by atoms with van der Waals surface area (Å²) in [6.45, 7) is 2.30. The van der Waals surface area contributed by atoms with Gasteiger partial charge in [0, 0.05) is 35.3 Å². The fraction of sp³-hybridized carbons (Fsp3) is 0.263. The lowest BCUT2D eigenvalue weighted by Crippen LogP contribution is -2.29. The van der Waals surface area contributed by atoms with E-state index in [-0.39, 0.29) is 0 Å². The second kappa shape index (κ2) is 7.01. The second-order valence-corrected chi connectivity index (χ2v) is 6.88. The van der Waals surface area contributed by atoms with Gasteiger partial charge in [0.25, 0.3) is 5.89 Å². The van der Waals surface area contributed by atoms with Crippen LogP contribution < -0.4 is 4.90 Å². The molecule has 122 valence electrons. The predicted molar refractivity (Wildman–Crippen MR) is 99.0 cm³/mol. The van der Waals surface area contributed by atoms with E-state index in [1.165, 1.54) is 29.8 Å². The molecule has 1 aliphatic rings. The van der Waals surface area contributed by atoms with E-state index in [1.807, 2.05) is 23.6 Å². The van der Waals surface area contributed by atoms with Crippen LogP contribution in [0.4, 0.5) is 5.69 Å². The zero-order chi connectivity index (χ0) is 16.2. The van der Waals surface area contributed by atoms with Crippen LogP contribution in [0.15, 0.2) is 46.3 Å². The number of piperidine rings is 1. The van der Waals surface area contributed by atoms with Gasteiger partial charge in [-0.1, -0.05) is 11.2 Å². The molecule has 0 radical (unpaired) electrons. The number of hydrogen-bond donors (Lipinski definition) is 0. The number of hydrogen-bond acceptors (Lipinski definition) is 5. The topological polar surface area (TPSA) is 42.2 Å². The first-order valence-corrected chi connectivity index (χ1v) is 9.17. The molecule has 0 atom stereocenters. The molecule has 1 aromatic carbocycles. The van der Waals surface area contributed by atoms with Crippen molar-refractivity contribution in [1.82, 2.24) is 10.1 Å². The Hall–Kier alpha value is -2.40. The van der Waals surface area contributed by atoms with Gasteiger partial charge < -0.3 is 9.42 Å². The molecule has 5 heteroatoms. The highest BCUT2D eigenvalue weighted by Crippen LogP contribution is 2.24. The van der Waals surface area contributed by atoms with Crippen LogP contribution >= 0.6 is 11.3 Å². The Balaban J connectivity index is 1.47. The van der Waals surface area contributed by atoms with Crippen LogP contribution in [0, 0.1) is 0 Å². The Morgan fingerprint density at radius 2 is 1.83 bits per heavy atom. The van der Waals surface area contributed by atoms with Gasteiger partial charge >= 0.3 is 0 Å². The van der Waals surface area contributed by atoms with Gasteiger partial charge in [-0.25, -0.2) is 0 Å². The molecule has 0 bridgehead atoms. The molecule has 4 rings (SSSR count). The highest BCUT2D eigenvalue weighted by atomic mass is 32.1. The van der Waals surface area contributed by atoms with Gasteiger partial charge in [0.15, 0.2) is 0 Å². The number of benzene rings is 1. The van der Waals surface area contributed by atoms with E-state index in [0.717, 1.165) is 18.7 Å². The Bertz CT molecular complexity index is 800. The third kappa shape index (κ3) is 3.41. The Morgan fingerprint density at radius 1 is 1.00 bits per heavy atom. The van der Waals surface area contributed by atoms with E-state index in [2.05, 4.69) is 45.4 Å². The van der Waals surface area contributed by atoms with E-state index in [4.69, 9.17) is 4.52 Å². The van der Waals surface area contributed by atoms with Crippen LogP contribution in [-0.4, -0.2) is 23.2 Å². The molecule has 3 heterocycles. The smallest absolute Gasteiger partial charge is 0.250 e. The fourth-order valence-corrected chi connectivity index (χ4v) is 3.55. The zero-order valence-corrected chi connectivity index (χ0v) is 14.2. The van der Waals surface area contributed by atoms with Gasteiger partial charge in [-0.2, -0.15) is 4.98 Å². The standard InChI is InChI=1S/C19H19N3OS/c1-2-12-22(13-3-1)16-8-6-15(7-9-16)19-20-18(23-21-19)11-10-17-5-4-14-24-17/h4-11,14H,1-3,12-13H2. The molecule has 1 saturated heterocycles. The van der Waals surface area contributed by atoms with Crippen LogP contribution in [0.3, 0.4) is 0 Å². The van der Waals surface area contributed by atoms with Crippen molar-refractivity contribution < 1.29 is 4.52 Å². The molecule has 0 N–H and O–H groups in total. The molecule has 2 aromatic heterocycles. The number of thiophene rings is 1. The van der Waals surface area contributed by atoms with Crippen molar-refractivity contribution in [1.29, 1.82) is 0 Å². The summed E-state index contributed by atoms with van der Waals surface area (Å²) in [5, 5.41) is 6.13. The summed E-state index contributed by atoms with van der Waals surface area (Å²) in [6.07, 6.45) is 7.75. The first kappa shape index (κ1) is 15.1. The summed E-state index contributed by atoms with van der Waals surface area (Å²) in [6, 6.07) is 12.5. The number of rotatable bonds is 4. The Labute approximate surface area is 145 Å². The fourth-order valence-electron chi connectivity index (χ4n) is 2.93. The van der Waals surface area contributed by atoms with Crippen molar-refractivity contribution in [2.45, 2.75) is 19.3 Å². The van der Waals surface area contributed by atoms with Crippen molar-refractivity contribution in [3.63, 3.8) is 0 Å². The van der Waals surface area contributed by atoms with Crippen molar-refractivity contribution in [2.75, 3.05) is 18.0 Å². The van der Waals surface area contributed by atoms with Gasteiger partial charge in [0.2, 0.25) is 5.82 Å². The van der Waals surface area contributed by atoms with E-state index >= 15 is 0 Å². The molecule has 0 spiro atoms. The molecule has 1 aliphatic heterocycles. The first-order valence-electron chi connectivity index (χ1n) is 8.29. The van der Waals surface area contributed by atoms with Crippen molar-refractivity contribution in [2.24, 2.45) is 0 Å². The minimum absolute atomic E-state index is 0.526. The largest absolute Gasteiger partial charge is 0.372 e. The van der Waals surface area contributed by atoms with E-state index in [9.17, 15) is 0 Å². The summed E-state index contributed by atoms with van der Waals surface area (Å²) in [5.41, 5.74) is 2.26. The molecule has 0 aliphatic carbocycles. The molecule has 0 unspecified atom stereocenters. The molecule has 0 amide bonds. The molecule has 24 heavy (non-hydrogen) atoms. The molecular formula is C19H19N3OS. The average Bonchev–Trinajstić information content (AvgIpc) is 3.33. The average molecular weight is 337 g/mol. The third-order valence-electron chi connectivity index (χ3n) is 4.22. The summed E-state index contributed by atoms with van der Waals surface area (Å²) in [5.74, 6) is 1.16. The number of anilines is 1. The van der Waals surface area contributed by atoms with Gasteiger partial charge in [-0.3, -0.25) is 0 Å². The highest BCUT2D eigenvalue weighted by molar-refractivity contribution is 7.10. The van der Waals surface area contributed by atoms with E-state index in [0.29, 0.717) is 11.7 Å². The normalized spacial score (nSPS) is 15.2. The van der Waals surface area contributed by atoms with Crippen molar-refractivity contribution >= 4 is 29.2 Å². The molecule has 0 saturated carbocycles. The maximum absolute atomic E-state index is 5.31. The third-order valence-corrected chi connectivity index (χ3v) is 5.06. The van der Waals surface area contributed by atoms with Crippen LogP contribution in [-0.2, 0) is 0 Å². The SMILES string of the molecule is C(=Cc1cccs1)c1nc(-c2ccc(N3CCCCC3)cc2)no1. The lowest BCUT2D eigenvalue weighted by Gasteiger charge is -2.28. The lowest BCUT2D eigenvalue weighted by molar-refractivity contribution is 0.411. The summed E-state index contributed by atoms with van der Waals surface area (Å²) < 4.78 is 5.31. The Kier molecular flexibility index (Phi) is 4.42. The highest BCUT2D eigenvalue weighted by Gasteiger charge is 2.12. The maximum atomic E-state index is 5.31. The minimum atomic E-state index is 0.526. The summed E-state index contributed by atoms with van der Waals surface area (Å²) in [4.78, 5) is 8.06. The van der Waals surface area contributed by atoms with Crippen LogP contribution in [0.2, 0.25) is 0 Å². The van der Waals surface area contributed by atoms with E-state index < -0.39 is 0 Å². The van der Waals surface area contributed by atoms with Crippen molar-refractivity contribution in [3.05, 3.63) is 52.5 Å².